The average molecular weight is 559 g/mol. The Hall–Kier alpha value is -3.34. The SMILES string of the molecule is COC1C2=CC(=O)C=C(NC(=O)/C(C)=C\C=C\[C@H](C)[C@@H](OC(N)=O)/C(C)=C/[C@H](C)[C@@H](OC)C(OC)C[C@@H]1C)C2=O. The molecule has 0 saturated carbocycles. The van der Waals surface area contributed by atoms with Crippen molar-refractivity contribution in [3.63, 3.8) is 0 Å². The third-order valence-corrected chi connectivity index (χ3v) is 7.29. The zero-order valence-electron chi connectivity index (χ0n) is 24.6. The van der Waals surface area contributed by atoms with E-state index >= 15 is 0 Å². The normalized spacial score (nSPS) is 34.4. The average Bonchev–Trinajstić information content (AvgIpc) is 2.88. The van der Waals surface area contributed by atoms with E-state index in [1.807, 2.05) is 33.8 Å². The molecule has 2 rings (SSSR count). The van der Waals surface area contributed by atoms with Gasteiger partial charge in [-0.05, 0) is 37.8 Å². The van der Waals surface area contributed by atoms with Crippen molar-refractivity contribution >= 4 is 23.6 Å². The molecule has 10 heteroatoms. The van der Waals surface area contributed by atoms with Crippen molar-refractivity contribution in [1.82, 2.24) is 5.32 Å². The number of fused-ring (bicyclic) bond motifs is 2. The summed E-state index contributed by atoms with van der Waals surface area (Å²) in [6, 6.07) is 0. The first-order chi connectivity index (χ1) is 18.8. The van der Waals surface area contributed by atoms with E-state index in [4.69, 9.17) is 24.7 Å². The van der Waals surface area contributed by atoms with Crippen molar-refractivity contribution in [2.45, 2.75) is 65.5 Å². The van der Waals surface area contributed by atoms with Gasteiger partial charge in [0.1, 0.15) is 6.10 Å². The Labute approximate surface area is 236 Å². The summed E-state index contributed by atoms with van der Waals surface area (Å²) in [5, 5.41) is 2.56. The largest absolute Gasteiger partial charge is 0.441 e. The molecule has 0 spiro atoms. The molecular formula is C30H42N2O8. The second-order valence-corrected chi connectivity index (χ2v) is 10.4. The predicted octanol–water partition coefficient (Wildman–Crippen LogP) is 3.33. The Morgan fingerprint density at radius 3 is 2.20 bits per heavy atom. The first-order valence-electron chi connectivity index (χ1n) is 13.3. The molecule has 0 radical (unpaired) electrons. The van der Waals surface area contributed by atoms with Crippen LogP contribution in [0.4, 0.5) is 4.79 Å². The molecule has 220 valence electrons. The number of allylic oxidation sites excluding steroid dienone is 5. The maximum absolute atomic E-state index is 13.4. The lowest BCUT2D eigenvalue weighted by molar-refractivity contribution is -0.120. The fourth-order valence-electron chi connectivity index (χ4n) is 5.27. The summed E-state index contributed by atoms with van der Waals surface area (Å²) >= 11 is 0. The fourth-order valence-corrected chi connectivity index (χ4v) is 5.27. The minimum atomic E-state index is -0.902. The van der Waals surface area contributed by atoms with Crippen molar-refractivity contribution in [3.8, 4) is 0 Å². The number of amides is 2. The third-order valence-electron chi connectivity index (χ3n) is 7.29. The first kappa shape index (κ1) is 32.9. The Kier molecular flexibility index (Phi) is 12.2. The van der Waals surface area contributed by atoms with E-state index in [9.17, 15) is 19.2 Å². The lowest BCUT2D eigenvalue weighted by Crippen LogP contribution is -2.40. The molecule has 1 aliphatic carbocycles. The van der Waals surface area contributed by atoms with E-state index in [1.165, 1.54) is 13.2 Å². The van der Waals surface area contributed by atoms with Crippen LogP contribution >= 0.6 is 0 Å². The number of hydrogen-bond acceptors (Lipinski definition) is 8. The number of rotatable bonds is 4. The van der Waals surface area contributed by atoms with Crippen LogP contribution in [0.2, 0.25) is 0 Å². The van der Waals surface area contributed by atoms with E-state index in [2.05, 4.69) is 5.32 Å². The molecule has 2 amide bonds. The Bertz CT molecular complexity index is 1130. The number of nitrogens with two attached hydrogens (primary N) is 1. The van der Waals surface area contributed by atoms with Gasteiger partial charge in [-0.1, -0.05) is 45.1 Å². The summed E-state index contributed by atoms with van der Waals surface area (Å²) in [5.74, 6) is -2.19. The van der Waals surface area contributed by atoms with Gasteiger partial charge in [0, 0.05) is 50.4 Å². The Balaban J connectivity index is 2.62. The van der Waals surface area contributed by atoms with Gasteiger partial charge in [0.05, 0.1) is 24.0 Å². The number of Topliss-reactive ketones (excluding diaryl/α,β-unsaturated/α-hetero) is 1. The van der Waals surface area contributed by atoms with Gasteiger partial charge in [0.25, 0.3) is 5.91 Å². The van der Waals surface area contributed by atoms with E-state index in [0.717, 1.165) is 11.6 Å². The number of primary amides is 1. The maximum Gasteiger partial charge on any atom is 0.405 e. The molecule has 0 aromatic carbocycles. The van der Waals surface area contributed by atoms with Crippen LogP contribution < -0.4 is 11.1 Å². The number of ketones is 2. The molecule has 7 atom stereocenters. The number of ether oxygens (including phenoxy) is 4. The summed E-state index contributed by atoms with van der Waals surface area (Å²) in [7, 11) is 4.64. The van der Waals surface area contributed by atoms with Gasteiger partial charge in [0.2, 0.25) is 5.78 Å². The molecular weight excluding hydrogens is 516 g/mol. The zero-order valence-corrected chi connectivity index (χ0v) is 24.6. The van der Waals surface area contributed by atoms with E-state index in [1.54, 1.807) is 39.4 Å². The molecule has 40 heavy (non-hydrogen) atoms. The van der Waals surface area contributed by atoms with Crippen molar-refractivity contribution in [2.75, 3.05) is 21.3 Å². The third kappa shape index (κ3) is 8.33. The molecule has 10 nitrogen and oxygen atoms in total. The molecule has 1 heterocycles. The molecule has 0 fully saturated rings. The van der Waals surface area contributed by atoms with Gasteiger partial charge >= 0.3 is 6.09 Å². The van der Waals surface area contributed by atoms with Crippen LogP contribution in [0.25, 0.3) is 0 Å². The van der Waals surface area contributed by atoms with Crippen molar-refractivity contribution < 1.29 is 38.1 Å². The topological polar surface area (TPSA) is 143 Å². The summed E-state index contributed by atoms with van der Waals surface area (Å²) in [6.07, 6.45) is 6.65. The van der Waals surface area contributed by atoms with Gasteiger partial charge in [-0.15, -0.1) is 0 Å². The summed E-state index contributed by atoms with van der Waals surface area (Å²) in [6.45, 7) is 9.17. The van der Waals surface area contributed by atoms with E-state index < -0.39 is 48.0 Å². The highest BCUT2D eigenvalue weighted by Gasteiger charge is 2.36. The zero-order chi connectivity index (χ0) is 30.1. The highest BCUT2D eigenvalue weighted by Crippen LogP contribution is 2.30. The number of hydrogen-bond donors (Lipinski definition) is 2. The smallest absolute Gasteiger partial charge is 0.405 e. The highest BCUT2D eigenvalue weighted by atomic mass is 16.6. The van der Waals surface area contributed by atoms with E-state index in [-0.39, 0.29) is 29.0 Å². The molecule has 3 N–H and O–H groups in total. The first-order valence-corrected chi connectivity index (χ1v) is 13.3. The van der Waals surface area contributed by atoms with Crippen molar-refractivity contribution in [2.24, 2.45) is 23.5 Å². The fraction of sp³-hybridized carbons (Fsp3) is 0.533. The van der Waals surface area contributed by atoms with Gasteiger partial charge in [-0.25, -0.2) is 4.79 Å². The molecule has 0 aromatic heterocycles. The standard InChI is InChI=1S/C30H42N2O8/c1-16-10-9-11-17(2)29(35)32-23-15-21(33)14-22(25(23)34)27(38-7)20(5)13-24(37-6)28(39-8)19(4)12-18(3)26(16)40-30(31)36/h9-12,14-16,19-20,24,26-28H,13H2,1-8H3,(H2,31,36)(H,32,35)/b10-9+,17-11-,18-12+/t16-,19-,20-,24?,26+,27?,28+/m0/s1. The van der Waals surface area contributed by atoms with Gasteiger partial charge in [0.15, 0.2) is 5.78 Å². The predicted molar refractivity (Wildman–Crippen MR) is 150 cm³/mol. The van der Waals surface area contributed by atoms with E-state index in [0.29, 0.717) is 12.0 Å². The van der Waals surface area contributed by atoms with Crippen LogP contribution in [0.5, 0.6) is 0 Å². The molecule has 2 aliphatic rings. The molecule has 2 bridgehead atoms. The second-order valence-electron chi connectivity index (χ2n) is 10.4. The second kappa shape index (κ2) is 14.9. The number of carbonyl (C=O) groups is 4. The molecule has 0 saturated heterocycles. The number of methoxy groups -OCH3 is 3. The van der Waals surface area contributed by atoms with Crippen LogP contribution in [-0.2, 0) is 33.3 Å². The summed E-state index contributed by atoms with van der Waals surface area (Å²) in [4.78, 5) is 50.5. The van der Waals surface area contributed by atoms with Crippen molar-refractivity contribution in [1.29, 1.82) is 0 Å². The summed E-state index contributed by atoms with van der Waals surface area (Å²) < 4.78 is 22.9. The molecule has 1 aliphatic heterocycles. The van der Waals surface area contributed by atoms with Crippen LogP contribution in [0.1, 0.15) is 41.0 Å². The van der Waals surface area contributed by atoms with Crippen LogP contribution in [-0.4, -0.2) is 69.3 Å². The number of carbonyl (C=O) groups excluding carboxylic acids is 4. The summed E-state index contributed by atoms with van der Waals surface area (Å²) in [5.41, 5.74) is 6.49. The minimum Gasteiger partial charge on any atom is -0.441 e. The van der Waals surface area contributed by atoms with Crippen molar-refractivity contribution in [3.05, 3.63) is 58.9 Å². The lowest BCUT2D eigenvalue weighted by Gasteiger charge is -2.34. The van der Waals surface area contributed by atoms with Gasteiger partial charge in [-0.2, -0.15) is 0 Å². The quantitative estimate of drug-likeness (QED) is 0.395. The monoisotopic (exact) mass is 558 g/mol. The molecule has 2 unspecified atom stereocenters. The molecule has 0 aromatic rings. The Morgan fingerprint density at radius 1 is 0.950 bits per heavy atom. The van der Waals surface area contributed by atoms with Gasteiger partial charge in [-0.3, -0.25) is 14.4 Å². The minimum absolute atomic E-state index is 0.119. The lowest BCUT2D eigenvalue weighted by atomic mass is 9.83. The Morgan fingerprint density at radius 2 is 1.62 bits per heavy atom. The van der Waals surface area contributed by atoms with Gasteiger partial charge < -0.3 is 30.0 Å². The number of nitrogens with one attached hydrogen (secondary N) is 1. The maximum atomic E-state index is 13.4. The van der Waals surface area contributed by atoms with Crippen LogP contribution in [0, 0.1) is 17.8 Å². The van der Waals surface area contributed by atoms with Crippen LogP contribution in [0.3, 0.4) is 0 Å². The highest BCUT2D eigenvalue weighted by molar-refractivity contribution is 6.22. The van der Waals surface area contributed by atoms with Crippen LogP contribution in [0.15, 0.2) is 58.9 Å².